The number of anilines is 2. The molecule has 2 aromatic heterocycles. The zero-order valence-corrected chi connectivity index (χ0v) is 18.3. The number of carboxylic acid groups (broad SMARTS) is 2. The fourth-order valence-corrected chi connectivity index (χ4v) is 3.06. The van der Waals surface area contributed by atoms with Crippen LogP contribution in [0.4, 0.5) is 11.9 Å². The summed E-state index contributed by atoms with van der Waals surface area (Å²) in [6.07, 6.45) is 1.62. The van der Waals surface area contributed by atoms with Crippen molar-refractivity contribution in [3.05, 3.63) is 59.2 Å². The summed E-state index contributed by atoms with van der Waals surface area (Å²) in [5, 5.41) is 32.7. The summed E-state index contributed by atoms with van der Waals surface area (Å²) >= 11 is 0. The Labute approximate surface area is 194 Å². The number of rotatable bonds is 12. The second kappa shape index (κ2) is 11.6. The van der Waals surface area contributed by atoms with E-state index >= 15 is 0 Å². The van der Waals surface area contributed by atoms with Crippen LogP contribution in [0, 0.1) is 6.92 Å². The minimum Gasteiger partial charge on any atom is -0.481 e. The predicted molar refractivity (Wildman–Crippen MR) is 119 cm³/mol. The molecule has 0 aliphatic rings. The second-order valence-corrected chi connectivity index (χ2v) is 7.30. The molecular formula is C21H24N8O5. The lowest BCUT2D eigenvalue weighted by atomic mass is 10.1. The number of nitrogens with zero attached hydrogens (tertiary/aromatic N) is 6. The van der Waals surface area contributed by atoms with Crippen LogP contribution in [0.2, 0.25) is 0 Å². The van der Waals surface area contributed by atoms with Gasteiger partial charge in [-0.1, -0.05) is 24.3 Å². The van der Waals surface area contributed by atoms with Gasteiger partial charge >= 0.3 is 11.9 Å². The SMILES string of the molecule is Cc1ncnc(Cc2cccc(Cc3nc(NCCO)nc(NC(CC(=O)O)C(=O)O)n3)c2)n1. The van der Waals surface area contributed by atoms with Gasteiger partial charge in [0.15, 0.2) is 0 Å². The molecular weight excluding hydrogens is 444 g/mol. The summed E-state index contributed by atoms with van der Waals surface area (Å²) in [7, 11) is 0. The molecule has 0 amide bonds. The van der Waals surface area contributed by atoms with Crippen molar-refractivity contribution in [2.45, 2.75) is 32.2 Å². The Morgan fingerprint density at radius 1 is 0.971 bits per heavy atom. The smallest absolute Gasteiger partial charge is 0.326 e. The van der Waals surface area contributed by atoms with Crippen molar-refractivity contribution in [1.29, 1.82) is 0 Å². The first-order valence-electron chi connectivity index (χ1n) is 10.4. The summed E-state index contributed by atoms with van der Waals surface area (Å²) in [5.74, 6) is -0.991. The van der Waals surface area contributed by atoms with E-state index in [0.29, 0.717) is 30.3 Å². The quantitative estimate of drug-likeness (QED) is 0.243. The molecule has 2 heterocycles. The third-order valence-electron chi connectivity index (χ3n) is 4.51. The van der Waals surface area contributed by atoms with Crippen LogP contribution >= 0.6 is 0 Å². The number of aliphatic hydroxyl groups excluding tert-OH is 1. The lowest BCUT2D eigenvalue weighted by Crippen LogP contribution is -2.32. The van der Waals surface area contributed by atoms with Gasteiger partial charge in [0, 0.05) is 19.4 Å². The molecule has 0 bridgehead atoms. The highest BCUT2D eigenvalue weighted by Gasteiger charge is 2.22. The van der Waals surface area contributed by atoms with E-state index in [1.807, 2.05) is 24.3 Å². The minimum atomic E-state index is -1.43. The van der Waals surface area contributed by atoms with Crippen LogP contribution in [0.25, 0.3) is 0 Å². The van der Waals surface area contributed by atoms with E-state index < -0.39 is 24.4 Å². The molecule has 5 N–H and O–H groups in total. The van der Waals surface area contributed by atoms with Crippen molar-refractivity contribution >= 4 is 23.8 Å². The number of aromatic nitrogens is 6. The highest BCUT2D eigenvalue weighted by molar-refractivity contribution is 5.82. The Balaban J connectivity index is 1.83. The molecule has 1 atom stereocenters. The highest BCUT2D eigenvalue weighted by atomic mass is 16.4. The van der Waals surface area contributed by atoms with Crippen LogP contribution in [-0.4, -0.2) is 76.4 Å². The molecule has 0 aliphatic carbocycles. The third kappa shape index (κ3) is 7.41. The molecule has 0 fully saturated rings. The largest absolute Gasteiger partial charge is 0.481 e. The molecule has 3 rings (SSSR count). The minimum absolute atomic E-state index is 0.0871. The number of aliphatic hydroxyl groups is 1. The van der Waals surface area contributed by atoms with Crippen molar-refractivity contribution in [2.75, 3.05) is 23.8 Å². The summed E-state index contributed by atoms with van der Waals surface area (Å²) in [4.78, 5) is 47.6. The van der Waals surface area contributed by atoms with Crippen LogP contribution < -0.4 is 10.6 Å². The summed E-state index contributed by atoms with van der Waals surface area (Å²) in [5.41, 5.74) is 1.86. The van der Waals surface area contributed by atoms with Gasteiger partial charge in [0.05, 0.1) is 13.0 Å². The molecule has 3 aromatic rings. The number of carbonyl (C=O) groups is 2. The molecule has 0 spiro atoms. The van der Waals surface area contributed by atoms with E-state index in [9.17, 15) is 14.7 Å². The van der Waals surface area contributed by atoms with Crippen molar-refractivity contribution in [1.82, 2.24) is 29.9 Å². The van der Waals surface area contributed by atoms with Crippen LogP contribution in [0.5, 0.6) is 0 Å². The third-order valence-corrected chi connectivity index (χ3v) is 4.51. The van der Waals surface area contributed by atoms with E-state index in [-0.39, 0.29) is 25.0 Å². The fourth-order valence-electron chi connectivity index (χ4n) is 3.06. The number of carboxylic acids is 2. The zero-order valence-electron chi connectivity index (χ0n) is 18.3. The first-order chi connectivity index (χ1) is 16.3. The number of hydrogen-bond donors (Lipinski definition) is 5. The molecule has 1 unspecified atom stereocenters. The van der Waals surface area contributed by atoms with Gasteiger partial charge in [0.25, 0.3) is 0 Å². The lowest BCUT2D eigenvalue weighted by molar-refractivity contribution is -0.144. The zero-order chi connectivity index (χ0) is 24.5. The van der Waals surface area contributed by atoms with E-state index in [2.05, 4.69) is 40.5 Å². The van der Waals surface area contributed by atoms with E-state index in [1.54, 1.807) is 6.92 Å². The van der Waals surface area contributed by atoms with Crippen LogP contribution in [0.15, 0.2) is 30.6 Å². The summed E-state index contributed by atoms with van der Waals surface area (Å²) in [6, 6.07) is 6.26. The lowest BCUT2D eigenvalue weighted by Gasteiger charge is -2.14. The van der Waals surface area contributed by atoms with E-state index in [1.165, 1.54) is 6.33 Å². The van der Waals surface area contributed by atoms with Gasteiger partial charge in [-0.15, -0.1) is 0 Å². The van der Waals surface area contributed by atoms with Gasteiger partial charge in [0.2, 0.25) is 11.9 Å². The van der Waals surface area contributed by atoms with Crippen LogP contribution in [-0.2, 0) is 22.4 Å². The van der Waals surface area contributed by atoms with Crippen molar-refractivity contribution in [2.24, 2.45) is 0 Å². The Bertz CT molecular complexity index is 1160. The molecule has 1 aromatic carbocycles. The second-order valence-electron chi connectivity index (χ2n) is 7.30. The maximum Gasteiger partial charge on any atom is 0.326 e. The normalized spacial score (nSPS) is 11.6. The molecule has 0 aliphatic heterocycles. The summed E-state index contributed by atoms with van der Waals surface area (Å²) < 4.78 is 0. The van der Waals surface area contributed by atoms with Gasteiger partial charge in [0.1, 0.15) is 29.8 Å². The highest BCUT2D eigenvalue weighted by Crippen LogP contribution is 2.15. The molecule has 0 radical (unpaired) electrons. The fraction of sp³-hybridized carbons (Fsp3) is 0.333. The number of nitrogens with one attached hydrogen (secondary N) is 2. The van der Waals surface area contributed by atoms with E-state index in [0.717, 1.165) is 11.1 Å². The molecule has 0 saturated heterocycles. The maximum atomic E-state index is 11.4. The average molecular weight is 468 g/mol. The first-order valence-corrected chi connectivity index (χ1v) is 10.4. The van der Waals surface area contributed by atoms with Gasteiger partial charge in [-0.3, -0.25) is 4.79 Å². The maximum absolute atomic E-state index is 11.4. The average Bonchev–Trinajstić information content (AvgIpc) is 2.77. The Morgan fingerprint density at radius 3 is 2.32 bits per heavy atom. The first kappa shape index (κ1) is 24.4. The number of aliphatic carboxylic acids is 2. The van der Waals surface area contributed by atoms with E-state index in [4.69, 9.17) is 10.2 Å². The van der Waals surface area contributed by atoms with Gasteiger partial charge in [-0.25, -0.2) is 19.7 Å². The van der Waals surface area contributed by atoms with Gasteiger partial charge in [-0.05, 0) is 18.1 Å². The number of hydrogen-bond acceptors (Lipinski definition) is 11. The molecule has 13 heteroatoms. The van der Waals surface area contributed by atoms with Crippen molar-refractivity contribution in [3.63, 3.8) is 0 Å². The van der Waals surface area contributed by atoms with Gasteiger partial charge < -0.3 is 26.0 Å². The van der Waals surface area contributed by atoms with Crippen LogP contribution in [0.1, 0.15) is 35.0 Å². The Morgan fingerprint density at radius 2 is 1.68 bits per heavy atom. The standard InChI is InChI=1S/C21H24N8O5/c1-12-23-11-24-16(25-12)8-13-3-2-4-14(7-13)9-17-27-20(22-5-6-30)29-21(28-17)26-15(19(33)34)10-18(31)32/h2-4,7,11,15,30H,5-6,8-10H2,1H3,(H,31,32)(H,33,34)(H2,22,26,27,28,29). The molecule has 178 valence electrons. The monoisotopic (exact) mass is 468 g/mol. The summed E-state index contributed by atoms with van der Waals surface area (Å²) in [6.45, 7) is 1.79. The Hall–Kier alpha value is -4.26. The number of benzene rings is 1. The molecule has 13 nitrogen and oxygen atoms in total. The topological polar surface area (TPSA) is 196 Å². The molecule has 0 saturated carbocycles. The van der Waals surface area contributed by atoms with Crippen molar-refractivity contribution < 1.29 is 24.9 Å². The molecule has 34 heavy (non-hydrogen) atoms. The van der Waals surface area contributed by atoms with Crippen molar-refractivity contribution in [3.8, 4) is 0 Å². The Kier molecular flexibility index (Phi) is 8.29. The number of aryl methyl sites for hydroxylation is 1. The van der Waals surface area contributed by atoms with Crippen LogP contribution in [0.3, 0.4) is 0 Å². The predicted octanol–water partition coefficient (Wildman–Crippen LogP) is 0.291. The van der Waals surface area contributed by atoms with Gasteiger partial charge in [-0.2, -0.15) is 15.0 Å².